The van der Waals surface area contributed by atoms with Gasteiger partial charge in [0.25, 0.3) is 0 Å². The average molecular weight is 575 g/mol. The first-order valence-electron chi connectivity index (χ1n) is 13.8. The zero-order valence-corrected chi connectivity index (χ0v) is 23.7. The number of likely N-dealkylation sites (tertiary alicyclic amines) is 1. The van der Waals surface area contributed by atoms with Gasteiger partial charge in [-0.3, -0.25) is 14.4 Å². The summed E-state index contributed by atoms with van der Waals surface area (Å²) in [6.07, 6.45) is 5.77. The molecule has 1 saturated heterocycles. The van der Waals surface area contributed by atoms with Gasteiger partial charge in [-0.25, -0.2) is 0 Å². The van der Waals surface area contributed by atoms with E-state index in [1.165, 1.54) is 7.11 Å². The van der Waals surface area contributed by atoms with Crippen molar-refractivity contribution in [3.05, 3.63) is 71.4 Å². The zero-order valence-electron chi connectivity index (χ0n) is 23.7. The topological polar surface area (TPSA) is 113 Å². The third-order valence-electron chi connectivity index (χ3n) is 7.89. The molecule has 2 amide bonds. The summed E-state index contributed by atoms with van der Waals surface area (Å²) < 4.78 is 28.6. The summed E-state index contributed by atoms with van der Waals surface area (Å²) in [5, 5.41) is 2.62. The minimum atomic E-state index is -1.33. The molecule has 0 radical (unpaired) electrons. The average Bonchev–Trinajstić information content (AvgIpc) is 3.47. The second-order valence-electron chi connectivity index (χ2n) is 10.5. The van der Waals surface area contributed by atoms with Crippen LogP contribution in [0.3, 0.4) is 0 Å². The molecule has 0 unspecified atom stereocenters. The Morgan fingerprint density at radius 2 is 1.93 bits per heavy atom. The highest BCUT2D eigenvalue weighted by molar-refractivity contribution is 5.92. The maximum Gasteiger partial charge on any atom is 0.320 e. The monoisotopic (exact) mass is 574 g/mol. The number of esters is 1. The number of nitrogens with zero attached hydrogens (tertiary/aromatic N) is 1. The zero-order chi connectivity index (χ0) is 29.7. The summed E-state index contributed by atoms with van der Waals surface area (Å²) in [7, 11) is 1.31. The van der Waals surface area contributed by atoms with Crippen LogP contribution in [0.4, 0.5) is 0 Å². The number of carbonyl (C=O) groups is 3. The van der Waals surface area contributed by atoms with E-state index in [4.69, 9.17) is 30.1 Å². The minimum Gasteiger partial charge on any atom is -0.468 e. The van der Waals surface area contributed by atoms with E-state index in [9.17, 15) is 14.4 Å². The van der Waals surface area contributed by atoms with E-state index < -0.39 is 29.5 Å². The summed E-state index contributed by atoms with van der Waals surface area (Å²) in [4.78, 5) is 42.0. The molecule has 10 nitrogen and oxygen atoms in total. The molecule has 42 heavy (non-hydrogen) atoms. The van der Waals surface area contributed by atoms with Gasteiger partial charge in [-0.05, 0) is 42.7 Å². The fraction of sp³-hybridized carbons (Fsp3) is 0.406. The summed E-state index contributed by atoms with van der Waals surface area (Å²) in [5.74, 6) is 1.54. The maximum absolute atomic E-state index is 14.1. The highest BCUT2D eigenvalue weighted by Gasteiger charge is 2.59. The van der Waals surface area contributed by atoms with E-state index in [-0.39, 0.29) is 51.1 Å². The first-order chi connectivity index (χ1) is 20.3. The lowest BCUT2D eigenvalue weighted by atomic mass is 9.66. The first kappa shape index (κ1) is 29.2. The molecule has 0 saturated carbocycles. The largest absolute Gasteiger partial charge is 0.468 e. The van der Waals surface area contributed by atoms with E-state index in [1.807, 2.05) is 42.5 Å². The molecular weight excluding hydrogens is 540 g/mol. The van der Waals surface area contributed by atoms with Crippen molar-refractivity contribution in [2.24, 2.45) is 11.3 Å². The molecule has 0 bridgehead atoms. The first-order valence-corrected chi connectivity index (χ1v) is 13.8. The number of amides is 2. The molecule has 220 valence electrons. The summed E-state index contributed by atoms with van der Waals surface area (Å²) in [6, 6.07) is 15.2. The van der Waals surface area contributed by atoms with Crippen LogP contribution in [-0.2, 0) is 41.7 Å². The molecule has 2 aromatic rings. The number of terminal acetylenes is 1. The van der Waals surface area contributed by atoms with Gasteiger partial charge in [0.2, 0.25) is 18.6 Å². The number of benzene rings is 2. The number of methoxy groups -OCH3 is 1. The Hall–Kier alpha value is -4.33. The van der Waals surface area contributed by atoms with Gasteiger partial charge < -0.3 is 33.9 Å². The molecule has 0 aliphatic carbocycles. The maximum atomic E-state index is 14.1. The Labute approximate surface area is 244 Å². The standard InChI is InChI=1S/C32H34N2O8/c1-4-12-33-29(35)14-24-16-32(31(37)38-3)21(2)42-25(19-39-18-22-8-6-5-7-9-22)15-28(32)34(30(24)36)17-23-10-11-26-27(13-23)41-20-40-26/h1,5-11,13,15,21,24-25H,12,14,16-20H2,2-3H3,(H,33,35)/t21-,24+,25-,32+/m1/s1. The van der Waals surface area contributed by atoms with Crippen molar-refractivity contribution in [3.63, 3.8) is 0 Å². The van der Waals surface area contributed by atoms with Crippen LogP contribution >= 0.6 is 0 Å². The molecule has 3 aliphatic heterocycles. The van der Waals surface area contributed by atoms with Crippen LogP contribution < -0.4 is 14.8 Å². The van der Waals surface area contributed by atoms with Crippen LogP contribution in [0.1, 0.15) is 30.9 Å². The predicted octanol–water partition coefficient (Wildman–Crippen LogP) is 2.95. The Morgan fingerprint density at radius 3 is 2.69 bits per heavy atom. The molecule has 4 atom stereocenters. The summed E-state index contributed by atoms with van der Waals surface area (Å²) >= 11 is 0. The lowest BCUT2D eigenvalue weighted by Gasteiger charge is -2.51. The number of hydrogen-bond donors (Lipinski definition) is 1. The molecule has 10 heteroatoms. The molecule has 1 N–H and O–H groups in total. The van der Waals surface area contributed by atoms with Crippen molar-refractivity contribution in [1.29, 1.82) is 0 Å². The number of fused-ring (bicyclic) bond motifs is 2. The Balaban J connectivity index is 1.49. The number of hydrogen-bond acceptors (Lipinski definition) is 8. The molecule has 5 rings (SSSR count). The van der Waals surface area contributed by atoms with E-state index in [1.54, 1.807) is 24.0 Å². The lowest BCUT2D eigenvalue weighted by Crippen LogP contribution is -2.60. The molecule has 0 spiro atoms. The van der Waals surface area contributed by atoms with Gasteiger partial charge in [0.05, 0.1) is 39.5 Å². The van der Waals surface area contributed by atoms with Gasteiger partial charge in [-0.2, -0.15) is 0 Å². The fourth-order valence-corrected chi connectivity index (χ4v) is 5.85. The normalized spacial score (nSPS) is 24.3. The number of rotatable bonds is 10. The van der Waals surface area contributed by atoms with E-state index in [0.717, 1.165) is 11.1 Å². The molecule has 1 fully saturated rings. The quantitative estimate of drug-likeness (QED) is 0.341. The number of nitrogens with one attached hydrogen (secondary N) is 1. The smallest absolute Gasteiger partial charge is 0.320 e. The van der Waals surface area contributed by atoms with Gasteiger partial charge in [-0.15, -0.1) is 6.42 Å². The molecule has 2 aromatic carbocycles. The van der Waals surface area contributed by atoms with Crippen LogP contribution in [0.2, 0.25) is 0 Å². The van der Waals surface area contributed by atoms with Crippen molar-refractivity contribution in [1.82, 2.24) is 10.2 Å². The highest BCUT2D eigenvalue weighted by atomic mass is 16.7. The number of ether oxygens (including phenoxy) is 5. The van der Waals surface area contributed by atoms with Crippen molar-refractivity contribution in [2.75, 3.05) is 27.1 Å². The molecular formula is C32H34N2O8. The van der Waals surface area contributed by atoms with Crippen LogP contribution in [-0.4, -0.2) is 61.9 Å². The Morgan fingerprint density at radius 1 is 1.14 bits per heavy atom. The van der Waals surface area contributed by atoms with Gasteiger partial charge in [0.15, 0.2) is 11.5 Å². The van der Waals surface area contributed by atoms with Gasteiger partial charge in [0.1, 0.15) is 11.5 Å². The van der Waals surface area contributed by atoms with Gasteiger partial charge in [-0.1, -0.05) is 42.3 Å². The van der Waals surface area contributed by atoms with Gasteiger partial charge in [0, 0.05) is 18.0 Å². The second kappa shape index (κ2) is 12.7. The minimum absolute atomic E-state index is 0.0398. The second-order valence-corrected chi connectivity index (χ2v) is 10.5. The van der Waals surface area contributed by atoms with Crippen LogP contribution in [0.5, 0.6) is 11.5 Å². The lowest BCUT2D eigenvalue weighted by molar-refractivity contribution is -0.178. The number of carbonyl (C=O) groups excluding carboxylic acids is 3. The Bertz CT molecular complexity index is 1400. The van der Waals surface area contributed by atoms with Crippen LogP contribution in [0.25, 0.3) is 0 Å². The van der Waals surface area contributed by atoms with Crippen molar-refractivity contribution < 1.29 is 38.1 Å². The van der Waals surface area contributed by atoms with Crippen molar-refractivity contribution >= 4 is 17.8 Å². The number of piperidine rings is 1. The SMILES string of the molecule is C#CCNC(=O)C[C@H]1C[C@@]2(C(=O)OC)C(=C[C@H](COCc3ccccc3)O[C@@H]2C)N(Cc2ccc3c(c2)OCO3)C1=O. The molecule has 3 heterocycles. The van der Waals surface area contributed by atoms with Crippen molar-refractivity contribution in [2.45, 2.75) is 45.1 Å². The van der Waals surface area contributed by atoms with Gasteiger partial charge >= 0.3 is 5.97 Å². The van der Waals surface area contributed by atoms with Crippen LogP contribution in [0, 0.1) is 23.7 Å². The highest BCUT2D eigenvalue weighted by Crippen LogP contribution is 2.51. The fourth-order valence-electron chi connectivity index (χ4n) is 5.85. The predicted molar refractivity (Wildman–Crippen MR) is 151 cm³/mol. The van der Waals surface area contributed by atoms with E-state index in [2.05, 4.69) is 11.2 Å². The summed E-state index contributed by atoms with van der Waals surface area (Å²) in [6.45, 7) is 2.68. The summed E-state index contributed by atoms with van der Waals surface area (Å²) in [5.41, 5.74) is 0.928. The van der Waals surface area contributed by atoms with E-state index >= 15 is 0 Å². The third kappa shape index (κ3) is 5.84. The Kier molecular flexibility index (Phi) is 8.80. The van der Waals surface area contributed by atoms with Crippen LogP contribution in [0.15, 0.2) is 60.3 Å². The third-order valence-corrected chi connectivity index (χ3v) is 7.89. The molecule has 0 aromatic heterocycles. The van der Waals surface area contributed by atoms with E-state index in [0.29, 0.717) is 23.8 Å². The van der Waals surface area contributed by atoms with Crippen molar-refractivity contribution in [3.8, 4) is 23.8 Å². The molecule has 3 aliphatic rings.